The molecule has 6 heteroatoms. The molecule has 0 aromatic heterocycles. The standard InChI is InChI=1S/C12H24N2O4/c1-3-4-7-10(12(16)17)14-11(15)9(13)6-5-8-18-2/h9-10H,3-8,13H2,1-2H3,(H,14,15)(H,16,17). The van der Waals surface area contributed by atoms with Gasteiger partial charge in [0.2, 0.25) is 5.91 Å². The molecule has 6 nitrogen and oxygen atoms in total. The van der Waals surface area contributed by atoms with Crippen molar-refractivity contribution >= 4 is 11.9 Å². The average molecular weight is 260 g/mol. The van der Waals surface area contributed by atoms with Crippen LogP contribution in [0.1, 0.15) is 39.0 Å². The minimum atomic E-state index is -1.01. The topological polar surface area (TPSA) is 102 Å². The lowest BCUT2D eigenvalue weighted by molar-refractivity contribution is -0.142. The van der Waals surface area contributed by atoms with Crippen LogP contribution in [0.4, 0.5) is 0 Å². The first kappa shape index (κ1) is 16.9. The molecule has 18 heavy (non-hydrogen) atoms. The molecule has 2 unspecified atom stereocenters. The third-order valence-electron chi connectivity index (χ3n) is 2.66. The third kappa shape index (κ3) is 7.24. The molecule has 4 N–H and O–H groups in total. The van der Waals surface area contributed by atoms with Crippen LogP contribution in [-0.2, 0) is 14.3 Å². The summed E-state index contributed by atoms with van der Waals surface area (Å²) in [4.78, 5) is 22.6. The Bertz CT molecular complexity index is 258. The number of amides is 1. The van der Waals surface area contributed by atoms with E-state index in [1.807, 2.05) is 6.92 Å². The van der Waals surface area contributed by atoms with Crippen molar-refractivity contribution in [3.8, 4) is 0 Å². The van der Waals surface area contributed by atoms with E-state index in [0.29, 0.717) is 25.9 Å². The van der Waals surface area contributed by atoms with Gasteiger partial charge in [0.1, 0.15) is 6.04 Å². The largest absolute Gasteiger partial charge is 0.480 e. The minimum Gasteiger partial charge on any atom is -0.480 e. The monoisotopic (exact) mass is 260 g/mol. The van der Waals surface area contributed by atoms with Crippen LogP contribution in [0, 0.1) is 0 Å². The summed E-state index contributed by atoms with van der Waals surface area (Å²) in [5, 5.41) is 11.4. The Morgan fingerprint density at radius 1 is 1.33 bits per heavy atom. The van der Waals surface area contributed by atoms with Gasteiger partial charge in [0.15, 0.2) is 0 Å². The first-order valence-corrected chi connectivity index (χ1v) is 6.30. The lowest BCUT2D eigenvalue weighted by Gasteiger charge is -2.17. The van der Waals surface area contributed by atoms with Crippen molar-refractivity contribution in [3.63, 3.8) is 0 Å². The Labute approximate surface area is 108 Å². The van der Waals surface area contributed by atoms with E-state index in [1.165, 1.54) is 0 Å². The zero-order valence-corrected chi connectivity index (χ0v) is 11.1. The number of nitrogens with one attached hydrogen (secondary N) is 1. The van der Waals surface area contributed by atoms with Crippen LogP contribution in [0.15, 0.2) is 0 Å². The first-order chi connectivity index (χ1) is 8.52. The fourth-order valence-corrected chi connectivity index (χ4v) is 1.52. The van der Waals surface area contributed by atoms with Gasteiger partial charge >= 0.3 is 5.97 Å². The highest BCUT2D eigenvalue weighted by Crippen LogP contribution is 2.02. The van der Waals surface area contributed by atoms with Gasteiger partial charge in [-0.1, -0.05) is 19.8 Å². The summed E-state index contributed by atoms with van der Waals surface area (Å²) in [6.45, 7) is 2.51. The summed E-state index contributed by atoms with van der Waals surface area (Å²) in [6, 6.07) is -1.52. The molecule has 106 valence electrons. The number of unbranched alkanes of at least 4 members (excludes halogenated alkanes) is 1. The van der Waals surface area contributed by atoms with Crippen LogP contribution in [0.25, 0.3) is 0 Å². The second-order valence-corrected chi connectivity index (χ2v) is 4.28. The number of rotatable bonds is 10. The van der Waals surface area contributed by atoms with Gasteiger partial charge in [-0.05, 0) is 19.3 Å². The van der Waals surface area contributed by atoms with Gasteiger partial charge < -0.3 is 20.9 Å². The van der Waals surface area contributed by atoms with Crippen molar-refractivity contribution in [2.45, 2.75) is 51.1 Å². The molecule has 0 aromatic rings. The van der Waals surface area contributed by atoms with E-state index >= 15 is 0 Å². The van der Waals surface area contributed by atoms with Gasteiger partial charge in [-0.3, -0.25) is 4.79 Å². The van der Waals surface area contributed by atoms with E-state index in [9.17, 15) is 9.59 Å². The highest BCUT2D eigenvalue weighted by Gasteiger charge is 2.22. The summed E-state index contributed by atoms with van der Waals surface area (Å²) in [5.74, 6) is -1.42. The van der Waals surface area contributed by atoms with Gasteiger partial charge in [0.25, 0.3) is 0 Å². The Kier molecular flexibility index (Phi) is 9.22. The highest BCUT2D eigenvalue weighted by molar-refractivity contribution is 5.86. The smallest absolute Gasteiger partial charge is 0.326 e. The number of hydrogen-bond acceptors (Lipinski definition) is 4. The molecule has 0 radical (unpaired) electrons. The Morgan fingerprint density at radius 2 is 2.00 bits per heavy atom. The van der Waals surface area contributed by atoms with Crippen molar-refractivity contribution in [1.29, 1.82) is 0 Å². The first-order valence-electron chi connectivity index (χ1n) is 6.30. The number of carbonyl (C=O) groups excluding carboxylic acids is 1. The van der Waals surface area contributed by atoms with Crippen molar-refractivity contribution in [3.05, 3.63) is 0 Å². The van der Waals surface area contributed by atoms with Crippen molar-refractivity contribution in [2.75, 3.05) is 13.7 Å². The maximum Gasteiger partial charge on any atom is 0.326 e. The maximum absolute atomic E-state index is 11.7. The van der Waals surface area contributed by atoms with Gasteiger partial charge in [0, 0.05) is 13.7 Å². The SMILES string of the molecule is CCCCC(NC(=O)C(N)CCCOC)C(=O)O. The van der Waals surface area contributed by atoms with Crippen LogP contribution in [0.5, 0.6) is 0 Å². The van der Waals surface area contributed by atoms with Crippen LogP contribution in [0.2, 0.25) is 0 Å². The van der Waals surface area contributed by atoms with E-state index in [4.69, 9.17) is 15.6 Å². The van der Waals surface area contributed by atoms with E-state index in [0.717, 1.165) is 12.8 Å². The summed E-state index contributed by atoms with van der Waals surface area (Å²) < 4.78 is 4.86. The van der Waals surface area contributed by atoms with E-state index in [-0.39, 0.29) is 0 Å². The second kappa shape index (κ2) is 9.85. The van der Waals surface area contributed by atoms with Crippen LogP contribution >= 0.6 is 0 Å². The molecular formula is C12H24N2O4. The van der Waals surface area contributed by atoms with Gasteiger partial charge in [0.05, 0.1) is 6.04 Å². The third-order valence-corrected chi connectivity index (χ3v) is 2.66. The van der Waals surface area contributed by atoms with Crippen LogP contribution in [-0.4, -0.2) is 42.8 Å². The second-order valence-electron chi connectivity index (χ2n) is 4.28. The Morgan fingerprint density at radius 3 is 2.50 bits per heavy atom. The number of nitrogens with two attached hydrogens (primary N) is 1. The molecule has 0 fully saturated rings. The molecule has 0 bridgehead atoms. The van der Waals surface area contributed by atoms with Gasteiger partial charge in [-0.15, -0.1) is 0 Å². The molecule has 0 aromatic carbocycles. The average Bonchev–Trinajstić information content (AvgIpc) is 2.33. The Balaban J connectivity index is 4.10. The number of hydrogen-bond donors (Lipinski definition) is 3. The Hall–Kier alpha value is -1.14. The summed E-state index contributed by atoms with van der Waals surface area (Å²) >= 11 is 0. The van der Waals surface area contributed by atoms with Crippen LogP contribution < -0.4 is 11.1 Å². The molecule has 2 atom stereocenters. The quantitative estimate of drug-likeness (QED) is 0.496. The molecule has 1 amide bonds. The molecule has 0 aliphatic rings. The lowest BCUT2D eigenvalue weighted by atomic mass is 10.1. The number of carboxylic acid groups (broad SMARTS) is 1. The van der Waals surface area contributed by atoms with E-state index < -0.39 is 24.0 Å². The summed E-state index contributed by atoms with van der Waals surface area (Å²) in [5.41, 5.74) is 5.67. The lowest BCUT2D eigenvalue weighted by Crippen LogP contribution is -2.48. The molecule has 0 heterocycles. The fourth-order valence-electron chi connectivity index (χ4n) is 1.52. The van der Waals surface area contributed by atoms with E-state index in [1.54, 1.807) is 7.11 Å². The molecule has 0 rings (SSSR count). The maximum atomic E-state index is 11.7. The molecule has 0 spiro atoms. The zero-order chi connectivity index (χ0) is 14.0. The van der Waals surface area contributed by atoms with E-state index in [2.05, 4.69) is 5.32 Å². The summed E-state index contributed by atoms with van der Waals surface area (Å²) in [6.07, 6.45) is 3.25. The number of ether oxygens (including phenoxy) is 1. The number of carbonyl (C=O) groups is 2. The van der Waals surface area contributed by atoms with Gasteiger partial charge in [-0.25, -0.2) is 4.79 Å². The zero-order valence-electron chi connectivity index (χ0n) is 11.1. The molecular weight excluding hydrogens is 236 g/mol. The molecule has 0 aliphatic carbocycles. The number of methoxy groups -OCH3 is 1. The number of aliphatic carboxylic acids is 1. The highest BCUT2D eigenvalue weighted by atomic mass is 16.5. The molecule has 0 saturated carbocycles. The predicted octanol–water partition coefficient (Wildman–Crippen LogP) is 0.500. The van der Waals surface area contributed by atoms with Crippen molar-refractivity contribution in [2.24, 2.45) is 5.73 Å². The molecule has 0 saturated heterocycles. The minimum absolute atomic E-state index is 0.408. The van der Waals surface area contributed by atoms with Crippen molar-refractivity contribution in [1.82, 2.24) is 5.32 Å². The molecule has 0 aliphatic heterocycles. The van der Waals surface area contributed by atoms with Crippen LogP contribution in [0.3, 0.4) is 0 Å². The van der Waals surface area contributed by atoms with Crippen molar-refractivity contribution < 1.29 is 19.4 Å². The normalized spacial score (nSPS) is 13.9. The van der Waals surface area contributed by atoms with Gasteiger partial charge in [-0.2, -0.15) is 0 Å². The fraction of sp³-hybridized carbons (Fsp3) is 0.833. The number of carboxylic acids is 1. The predicted molar refractivity (Wildman–Crippen MR) is 68.2 cm³/mol. The summed E-state index contributed by atoms with van der Waals surface area (Å²) in [7, 11) is 1.58.